The molecule has 1 atom stereocenters. The second-order valence-corrected chi connectivity index (χ2v) is 7.16. The van der Waals surface area contributed by atoms with Crippen molar-refractivity contribution in [3.63, 3.8) is 0 Å². The summed E-state index contributed by atoms with van der Waals surface area (Å²) in [5.41, 5.74) is -2.31. The van der Waals surface area contributed by atoms with Crippen LogP contribution >= 0.6 is 0 Å². The molecule has 1 aromatic heterocycles. The Morgan fingerprint density at radius 2 is 1.62 bits per heavy atom. The maximum atomic E-state index is 13.1. The standard InChI is InChI=1S/C20H19F6N5O/c1-12(31(2)10-18-27-29-30-28-18)16-5-3-4-6-17(16)32-11-13-7-14(19(21,22)23)9-15(8-13)20(24,25)26/h3-9,12H,10-11H2,1-2H3,(H,27,28,29,30)/t12-/m1/s1. The van der Waals surface area contributed by atoms with Crippen LogP contribution in [-0.4, -0.2) is 32.6 Å². The fraction of sp³-hybridized carbons (Fsp3) is 0.350. The molecule has 1 N–H and O–H groups in total. The van der Waals surface area contributed by atoms with Crippen LogP contribution in [0.3, 0.4) is 0 Å². The second kappa shape index (κ2) is 9.15. The number of nitrogens with one attached hydrogen (secondary N) is 1. The number of aromatic amines is 1. The Balaban J connectivity index is 1.82. The zero-order valence-corrected chi connectivity index (χ0v) is 17.0. The Morgan fingerprint density at radius 1 is 1.00 bits per heavy atom. The molecule has 12 heteroatoms. The summed E-state index contributed by atoms with van der Waals surface area (Å²) in [5.74, 6) is 0.798. The average Bonchev–Trinajstić information content (AvgIpc) is 3.23. The van der Waals surface area contributed by atoms with E-state index in [1.54, 1.807) is 31.3 Å². The van der Waals surface area contributed by atoms with E-state index in [1.807, 2.05) is 11.8 Å². The van der Waals surface area contributed by atoms with Gasteiger partial charge in [0.2, 0.25) is 0 Å². The predicted molar refractivity (Wildman–Crippen MR) is 101 cm³/mol. The lowest BCUT2D eigenvalue weighted by Crippen LogP contribution is -2.23. The normalized spacial score (nSPS) is 13.4. The van der Waals surface area contributed by atoms with E-state index in [4.69, 9.17) is 4.74 Å². The molecule has 0 saturated heterocycles. The molecule has 0 unspecified atom stereocenters. The molecule has 0 aliphatic heterocycles. The highest BCUT2D eigenvalue weighted by Gasteiger charge is 2.37. The first-order valence-corrected chi connectivity index (χ1v) is 9.38. The summed E-state index contributed by atoms with van der Waals surface area (Å²) in [6.07, 6.45) is -9.83. The summed E-state index contributed by atoms with van der Waals surface area (Å²) in [4.78, 5) is 1.89. The zero-order valence-electron chi connectivity index (χ0n) is 17.0. The molecule has 0 fully saturated rings. The van der Waals surface area contributed by atoms with Gasteiger partial charge in [0.05, 0.1) is 17.7 Å². The minimum atomic E-state index is -4.92. The lowest BCUT2D eigenvalue weighted by molar-refractivity contribution is -0.143. The molecular formula is C20H19F6N5O. The number of ether oxygens (including phenoxy) is 1. The van der Waals surface area contributed by atoms with Crippen molar-refractivity contribution >= 4 is 0 Å². The molecule has 172 valence electrons. The van der Waals surface area contributed by atoms with Gasteiger partial charge in [-0.15, -0.1) is 10.2 Å². The van der Waals surface area contributed by atoms with Gasteiger partial charge in [0, 0.05) is 11.6 Å². The Hall–Kier alpha value is -3.15. The molecule has 0 aliphatic carbocycles. The van der Waals surface area contributed by atoms with Crippen molar-refractivity contribution in [2.45, 2.75) is 38.5 Å². The third kappa shape index (κ3) is 5.75. The van der Waals surface area contributed by atoms with Crippen LogP contribution in [0.25, 0.3) is 0 Å². The minimum absolute atomic E-state index is 0.0897. The SMILES string of the molecule is C[C@H](c1ccccc1OCc1cc(C(F)(F)F)cc(C(F)(F)F)c1)N(C)Cc1nn[nH]n1. The van der Waals surface area contributed by atoms with Crippen molar-refractivity contribution in [1.29, 1.82) is 0 Å². The number of para-hydroxylation sites is 1. The molecule has 1 heterocycles. The second-order valence-electron chi connectivity index (χ2n) is 7.16. The molecule has 3 rings (SSSR count). The van der Waals surface area contributed by atoms with Gasteiger partial charge >= 0.3 is 12.4 Å². The minimum Gasteiger partial charge on any atom is -0.489 e. The molecule has 3 aromatic rings. The van der Waals surface area contributed by atoms with E-state index in [0.29, 0.717) is 35.8 Å². The van der Waals surface area contributed by atoms with Crippen LogP contribution in [0.5, 0.6) is 5.75 Å². The molecule has 0 saturated carbocycles. The number of aromatic nitrogens is 4. The largest absolute Gasteiger partial charge is 0.489 e. The number of rotatable bonds is 7. The fourth-order valence-electron chi connectivity index (χ4n) is 3.07. The van der Waals surface area contributed by atoms with Crippen LogP contribution in [0.15, 0.2) is 42.5 Å². The highest BCUT2D eigenvalue weighted by Crippen LogP contribution is 2.37. The summed E-state index contributed by atoms with van der Waals surface area (Å²) >= 11 is 0. The Labute approximate surface area is 179 Å². The highest BCUT2D eigenvalue weighted by molar-refractivity contribution is 5.37. The molecule has 0 bridgehead atoms. The molecule has 6 nitrogen and oxygen atoms in total. The van der Waals surface area contributed by atoms with E-state index < -0.39 is 30.1 Å². The van der Waals surface area contributed by atoms with Crippen molar-refractivity contribution in [2.75, 3.05) is 7.05 Å². The number of H-pyrrole nitrogens is 1. The first-order chi connectivity index (χ1) is 14.9. The van der Waals surface area contributed by atoms with Crippen LogP contribution in [-0.2, 0) is 25.5 Å². The van der Waals surface area contributed by atoms with E-state index in [2.05, 4.69) is 20.6 Å². The van der Waals surface area contributed by atoms with Crippen molar-refractivity contribution in [2.24, 2.45) is 0 Å². The number of hydrogen-bond acceptors (Lipinski definition) is 5. The molecule has 2 aromatic carbocycles. The van der Waals surface area contributed by atoms with Gasteiger partial charge in [-0.1, -0.05) is 23.4 Å². The zero-order chi connectivity index (χ0) is 23.5. The Morgan fingerprint density at radius 3 is 2.19 bits per heavy atom. The van der Waals surface area contributed by atoms with Crippen LogP contribution in [0.1, 0.15) is 41.0 Å². The van der Waals surface area contributed by atoms with Crippen molar-refractivity contribution in [1.82, 2.24) is 25.5 Å². The van der Waals surface area contributed by atoms with Gasteiger partial charge in [-0.25, -0.2) is 0 Å². The number of tetrazole rings is 1. The lowest BCUT2D eigenvalue weighted by atomic mass is 10.0. The molecule has 0 radical (unpaired) electrons. The Bertz CT molecular complexity index is 1000. The van der Waals surface area contributed by atoms with E-state index >= 15 is 0 Å². The molecule has 0 amide bonds. The fourth-order valence-corrected chi connectivity index (χ4v) is 3.07. The number of alkyl halides is 6. The Kier molecular flexibility index (Phi) is 6.72. The summed E-state index contributed by atoms with van der Waals surface area (Å²) in [7, 11) is 1.81. The average molecular weight is 459 g/mol. The van der Waals surface area contributed by atoms with E-state index in [9.17, 15) is 26.3 Å². The quantitative estimate of drug-likeness (QED) is 0.504. The van der Waals surface area contributed by atoms with Crippen molar-refractivity contribution in [3.8, 4) is 5.75 Å². The summed E-state index contributed by atoms with van der Waals surface area (Å²) in [6, 6.07) is 7.97. The number of halogens is 6. The van der Waals surface area contributed by atoms with Crippen LogP contribution < -0.4 is 4.74 Å². The van der Waals surface area contributed by atoms with Crippen LogP contribution in [0.2, 0.25) is 0 Å². The molecule has 0 spiro atoms. The van der Waals surface area contributed by atoms with Gasteiger partial charge in [0.25, 0.3) is 0 Å². The molecular weight excluding hydrogens is 440 g/mol. The third-order valence-corrected chi connectivity index (χ3v) is 4.85. The van der Waals surface area contributed by atoms with Gasteiger partial charge in [0.1, 0.15) is 12.4 Å². The third-order valence-electron chi connectivity index (χ3n) is 4.85. The van der Waals surface area contributed by atoms with E-state index in [0.717, 1.165) is 0 Å². The lowest BCUT2D eigenvalue weighted by Gasteiger charge is -2.25. The first kappa shape index (κ1) is 23.5. The van der Waals surface area contributed by atoms with Gasteiger partial charge in [-0.05, 0) is 43.8 Å². The number of nitrogens with zero attached hydrogens (tertiary/aromatic N) is 4. The van der Waals surface area contributed by atoms with Crippen LogP contribution in [0.4, 0.5) is 26.3 Å². The van der Waals surface area contributed by atoms with Gasteiger partial charge in [-0.2, -0.15) is 31.6 Å². The summed E-state index contributed by atoms with van der Waals surface area (Å²) in [6.45, 7) is 1.76. The summed E-state index contributed by atoms with van der Waals surface area (Å²) < 4.78 is 84.2. The molecule has 32 heavy (non-hydrogen) atoms. The number of benzene rings is 2. The van der Waals surface area contributed by atoms with Gasteiger partial charge in [-0.3, -0.25) is 4.90 Å². The monoisotopic (exact) mass is 459 g/mol. The maximum absolute atomic E-state index is 13.1. The highest BCUT2D eigenvalue weighted by atomic mass is 19.4. The van der Waals surface area contributed by atoms with E-state index in [1.165, 1.54) is 0 Å². The van der Waals surface area contributed by atoms with Crippen LogP contribution in [0, 0.1) is 0 Å². The van der Waals surface area contributed by atoms with Crippen molar-refractivity contribution in [3.05, 3.63) is 70.5 Å². The van der Waals surface area contributed by atoms with Gasteiger partial charge < -0.3 is 4.74 Å². The number of hydrogen-bond donors (Lipinski definition) is 1. The maximum Gasteiger partial charge on any atom is 0.416 e. The summed E-state index contributed by atoms with van der Waals surface area (Å²) in [5, 5.41) is 13.6. The smallest absolute Gasteiger partial charge is 0.416 e. The van der Waals surface area contributed by atoms with Crippen molar-refractivity contribution < 1.29 is 31.1 Å². The topological polar surface area (TPSA) is 66.9 Å². The predicted octanol–water partition coefficient (Wildman–Crippen LogP) is 5.01. The first-order valence-electron chi connectivity index (χ1n) is 9.38. The van der Waals surface area contributed by atoms with Gasteiger partial charge in [0.15, 0.2) is 5.82 Å². The molecule has 0 aliphatic rings. The van der Waals surface area contributed by atoms with E-state index in [-0.39, 0.29) is 17.7 Å².